The summed E-state index contributed by atoms with van der Waals surface area (Å²) in [5, 5.41) is 0. The third-order valence-electron chi connectivity index (χ3n) is 2.24. The van der Waals surface area contributed by atoms with Crippen molar-refractivity contribution in [3.05, 3.63) is 24.5 Å². The third kappa shape index (κ3) is 2.34. The van der Waals surface area contributed by atoms with E-state index >= 15 is 0 Å². The molecule has 2 heterocycles. The van der Waals surface area contributed by atoms with Crippen molar-refractivity contribution < 1.29 is 0 Å². The fraction of sp³-hybridized carbons (Fsp3) is 0.500. The molecular formula is C10H15N3. The summed E-state index contributed by atoms with van der Waals surface area (Å²) in [6.45, 7) is 0.976. The molecule has 1 aliphatic rings. The van der Waals surface area contributed by atoms with Crippen LogP contribution < -0.4 is 5.43 Å². The van der Waals surface area contributed by atoms with E-state index in [1.807, 2.05) is 29.2 Å². The molecule has 3 heteroatoms. The molecule has 0 radical (unpaired) electrons. The quantitative estimate of drug-likeness (QED) is 0.698. The van der Waals surface area contributed by atoms with E-state index in [4.69, 9.17) is 0 Å². The Hall–Kier alpha value is -1.25. The van der Waals surface area contributed by atoms with E-state index in [0.29, 0.717) is 0 Å². The highest BCUT2D eigenvalue weighted by Gasteiger charge is 2.02. The Kier molecular flexibility index (Phi) is 2.65. The Bertz CT molecular complexity index is 274. The van der Waals surface area contributed by atoms with Gasteiger partial charge >= 0.3 is 0 Å². The molecular weight excluding hydrogens is 162 g/mol. The summed E-state index contributed by atoms with van der Waals surface area (Å²) in [4.78, 5) is 4.48. The Balaban J connectivity index is 1.96. The predicted molar refractivity (Wildman–Crippen MR) is 54.6 cm³/mol. The minimum atomic E-state index is 0.976. The molecule has 3 nitrogen and oxygen atoms in total. The standard InChI is InChI=1S/C10H15N3/c1-2-6-10(11-7-3-1)12-13-8-4-5-9-13/h4-5,8-9H,1-3,6-7H2,(H,11,12). The van der Waals surface area contributed by atoms with Gasteiger partial charge < -0.3 is 0 Å². The van der Waals surface area contributed by atoms with Crippen molar-refractivity contribution >= 4 is 5.84 Å². The van der Waals surface area contributed by atoms with E-state index in [-0.39, 0.29) is 0 Å². The average Bonchev–Trinajstić information content (AvgIpc) is 2.49. The van der Waals surface area contributed by atoms with Gasteiger partial charge in [0, 0.05) is 25.4 Å². The number of rotatable bonds is 1. The lowest BCUT2D eigenvalue weighted by Gasteiger charge is -2.08. The van der Waals surface area contributed by atoms with Gasteiger partial charge in [0.15, 0.2) is 0 Å². The SMILES string of the molecule is c1ccn(NC2=NCCCCC2)c1. The predicted octanol–water partition coefficient (Wildman–Crippen LogP) is 2.00. The number of aromatic nitrogens is 1. The second-order valence-electron chi connectivity index (χ2n) is 3.34. The van der Waals surface area contributed by atoms with Gasteiger partial charge in [-0.2, -0.15) is 0 Å². The van der Waals surface area contributed by atoms with Crippen LogP contribution in [0.15, 0.2) is 29.5 Å². The molecule has 70 valence electrons. The Morgan fingerprint density at radius 1 is 1.15 bits per heavy atom. The van der Waals surface area contributed by atoms with E-state index in [9.17, 15) is 0 Å². The van der Waals surface area contributed by atoms with Gasteiger partial charge in [-0.25, -0.2) is 0 Å². The van der Waals surface area contributed by atoms with Gasteiger partial charge in [0.05, 0.1) is 0 Å². The van der Waals surface area contributed by atoms with Crippen LogP contribution in [0.4, 0.5) is 0 Å². The van der Waals surface area contributed by atoms with Crippen LogP contribution in [0.2, 0.25) is 0 Å². The third-order valence-corrected chi connectivity index (χ3v) is 2.24. The monoisotopic (exact) mass is 177 g/mol. The summed E-state index contributed by atoms with van der Waals surface area (Å²) < 4.78 is 1.95. The van der Waals surface area contributed by atoms with Gasteiger partial charge in [-0.15, -0.1) is 0 Å². The second kappa shape index (κ2) is 4.12. The zero-order valence-electron chi connectivity index (χ0n) is 7.74. The van der Waals surface area contributed by atoms with E-state index in [2.05, 4.69) is 10.4 Å². The number of amidine groups is 1. The molecule has 0 aliphatic carbocycles. The molecule has 2 rings (SSSR count). The largest absolute Gasteiger partial charge is 0.282 e. The van der Waals surface area contributed by atoms with Gasteiger partial charge in [-0.3, -0.25) is 15.1 Å². The Morgan fingerprint density at radius 3 is 2.85 bits per heavy atom. The van der Waals surface area contributed by atoms with Crippen molar-refractivity contribution in [2.75, 3.05) is 12.0 Å². The Morgan fingerprint density at radius 2 is 2.00 bits per heavy atom. The van der Waals surface area contributed by atoms with E-state index in [0.717, 1.165) is 18.8 Å². The van der Waals surface area contributed by atoms with Crippen molar-refractivity contribution in [2.24, 2.45) is 4.99 Å². The average molecular weight is 177 g/mol. The van der Waals surface area contributed by atoms with Gasteiger partial charge in [-0.1, -0.05) is 6.42 Å². The normalized spacial score (nSPS) is 17.7. The first-order chi connectivity index (χ1) is 6.45. The molecule has 0 unspecified atom stereocenters. The summed E-state index contributed by atoms with van der Waals surface area (Å²) in [5.74, 6) is 1.12. The highest BCUT2D eigenvalue weighted by atomic mass is 15.4. The van der Waals surface area contributed by atoms with Crippen LogP contribution in [0.25, 0.3) is 0 Å². The number of hydrogen-bond donors (Lipinski definition) is 1. The van der Waals surface area contributed by atoms with Crippen molar-refractivity contribution in [1.29, 1.82) is 0 Å². The molecule has 1 aromatic heterocycles. The van der Waals surface area contributed by atoms with Crippen LogP contribution >= 0.6 is 0 Å². The molecule has 13 heavy (non-hydrogen) atoms. The van der Waals surface area contributed by atoms with E-state index in [1.165, 1.54) is 19.3 Å². The zero-order valence-corrected chi connectivity index (χ0v) is 7.74. The number of aliphatic imine (C=N–C) groups is 1. The lowest BCUT2D eigenvalue weighted by molar-refractivity contribution is 0.730. The molecule has 0 amide bonds. The number of hydrogen-bond acceptors (Lipinski definition) is 2. The first-order valence-corrected chi connectivity index (χ1v) is 4.88. The van der Waals surface area contributed by atoms with Crippen LogP contribution in [-0.4, -0.2) is 17.1 Å². The lowest BCUT2D eigenvalue weighted by atomic mass is 10.2. The zero-order chi connectivity index (χ0) is 8.93. The summed E-state index contributed by atoms with van der Waals surface area (Å²) in [6, 6.07) is 4.01. The maximum atomic E-state index is 4.48. The molecule has 0 spiro atoms. The molecule has 1 aliphatic heterocycles. The van der Waals surface area contributed by atoms with Crippen LogP contribution in [0.5, 0.6) is 0 Å². The summed E-state index contributed by atoms with van der Waals surface area (Å²) >= 11 is 0. The fourth-order valence-electron chi connectivity index (χ4n) is 1.52. The van der Waals surface area contributed by atoms with Gasteiger partial charge in [0.2, 0.25) is 0 Å². The topological polar surface area (TPSA) is 29.3 Å². The number of nitrogens with zero attached hydrogens (tertiary/aromatic N) is 2. The van der Waals surface area contributed by atoms with Crippen LogP contribution in [-0.2, 0) is 0 Å². The highest BCUT2D eigenvalue weighted by molar-refractivity contribution is 5.89. The van der Waals surface area contributed by atoms with E-state index < -0.39 is 0 Å². The van der Waals surface area contributed by atoms with Gasteiger partial charge in [0.1, 0.15) is 5.84 Å². The second-order valence-corrected chi connectivity index (χ2v) is 3.34. The lowest BCUT2D eigenvalue weighted by Crippen LogP contribution is -2.21. The van der Waals surface area contributed by atoms with Crippen molar-refractivity contribution in [1.82, 2.24) is 4.68 Å². The highest BCUT2D eigenvalue weighted by Crippen LogP contribution is 2.06. The van der Waals surface area contributed by atoms with Crippen molar-refractivity contribution in [3.63, 3.8) is 0 Å². The molecule has 0 aromatic carbocycles. The molecule has 0 saturated carbocycles. The van der Waals surface area contributed by atoms with Crippen LogP contribution in [0.3, 0.4) is 0 Å². The summed E-state index contributed by atoms with van der Waals surface area (Å²) in [5.41, 5.74) is 3.27. The molecule has 1 N–H and O–H groups in total. The van der Waals surface area contributed by atoms with Crippen molar-refractivity contribution in [2.45, 2.75) is 25.7 Å². The van der Waals surface area contributed by atoms with Gasteiger partial charge in [0.25, 0.3) is 0 Å². The minimum absolute atomic E-state index is 0.976. The van der Waals surface area contributed by atoms with Gasteiger partial charge in [-0.05, 0) is 25.0 Å². The van der Waals surface area contributed by atoms with Crippen LogP contribution in [0, 0.1) is 0 Å². The van der Waals surface area contributed by atoms with Crippen molar-refractivity contribution in [3.8, 4) is 0 Å². The molecule has 0 bridgehead atoms. The number of nitrogens with one attached hydrogen (secondary N) is 1. The summed E-state index contributed by atoms with van der Waals surface area (Å²) in [7, 11) is 0. The first-order valence-electron chi connectivity index (χ1n) is 4.88. The molecule has 0 fully saturated rings. The fourth-order valence-corrected chi connectivity index (χ4v) is 1.52. The summed E-state index contributed by atoms with van der Waals surface area (Å²) in [6.07, 6.45) is 8.86. The Labute approximate surface area is 78.4 Å². The molecule has 0 saturated heterocycles. The maximum Gasteiger partial charge on any atom is 0.115 e. The van der Waals surface area contributed by atoms with Crippen LogP contribution in [0.1, 0.15) is 25.7 Å². The smallest absolute Gasteiger partial charge is 0.115 e. The van der Waals surface area contributed by atoms with E-state index in [1.54, 1.807) is 0 Å². The molecule has 0 atom stereocenters. The maximum absolute atomic E-state index is 4.48. The molecule has 1 aromatic rings. The first kappa shape index (κ1) is 8.35. The minimum Gasteiger partial charge on any atom is -0.282 e.